The highest BCUT2D eigenvalue weighted by Gasteiger charge is 2.19. The minimum Gasteiger partial charge on any atom is -0.459 e. The molecule has 23 heavy (non-hydrogen) atoms. The summed E-state index contributed by atoms with van der Waals surface area (Å²) in [4.78, 5) is 25.8. The van der Waals surface area contributed by atoms with Gasteiger partial charge >= 0.3 is 11.9 Å². The predicted octanol–water partition coefficient (Wildman–Crippen LogP) is 3.57. The minimum atomic E-state index is -0.790. The van der Waals surface area contributed by atoms with E-state index in [1.165, 1.54) is 17.4 Å². The fraction of sp³-hybridized carbons (Fsp3) is 0.143. The summed E-state index contributed by atoms with van der Waals surface area (Å²) in [6, 6.07) is 5.93. The second kappa shape index (κ2) is 6.05. The van der Waals surface area contributed by atoms with Crippen molar-refractivity contribution in [2.24, 2.45) is 0 Å². The first kappa shape index (κ1) is 15.0. The van der Waals surface area contributed by atoms with E-state index in [1.54, 1.807) is 5.38 Å². The number of nitrogens with zero attached hydrogens (tertiary/aromatic N) is 2. The van der Waals surface area contributed by atoms with E-state index in [0.29, 0.717) is 16.5 Å². The molecule has 0 saturated carbocycles. The Kier molecular flexibility index (Phi) is 3.94. The summed E-state index contributed by atoms with van der Waals surface area (Å²) in [6.45, 7) is 1.77. The first-order valence-corrected chi connectivity index (χ1v) is 7.33. The summed E-state index contributed by atoms with van der Waals surface area (Å²) in [6.07, 6.45) is 0. The number of aromatic nitrogens is 1. The molecule has 0 N–H and O–H groups in total. The number of furan rings is 2. The van der Waals surface area contributed by atoms with Crippen LogP contribution < -0.4 is 0 Å². The normalized spacial score (nSPS) is 10.7. The Morgan fingerprint density at radius 2 is 2.17 bits per heavy atom. The zero-order chi connectivity index (χ0) is 16.4. The molecule has 0 aliphatic rings. The van der Waals surface area contributed by atoms with Gasteiger partial charge in [-0.1, -0.05) is 0 Å². The highest BCUT2D eigenvalue weighted by Crippen LogP contribution is 2.26. The molecule has 3 aromatic rings. The van der Waals surface area contributed by atoms with Gasteiger partial charge in [0.15, 0.2) is 10.8 Å². The molecule has 3 rings (SSSR count). The van der Waals surface area contributed by atoms with Crippen LogP contribution in [-0.2, 0) is 11.3 Å². The van der Waals surface area contributed by atoms with Gasteiger partial charge in [-0.05, 0) is 25.1 Å². The van der Waals surface area contributed by atoms with Crippen LogP contribution in [-0.4, -0.2) is 15.9 Å². The lowest BCUT2D eigenvalue weighted by Crippen LogP contribution is -2.04. The quantitative estimate of drug-likeness (QED) is 0.398. The maximum Gasteiger partial charge on any atom is 0.433 e. The number of hydrogen-bond donors (Lipinski definition) is 0. The standard InChI is InChI=1S/C14H10N2O6S/c1-8-2-3-10(21-8)13-15-9(7-23-13)6-20-14(17)11-4-5-12(22-11)16(18)19/h2-5,7H,6H2,1H3. The topological polar surface area (TPSA) is 109 Å². The van der Waals surface area contributed by atoms with E-state index in [9.17, 15) is 14.9 Å². The number of hydrogen-bond acceptors (Lipinski definition) is 8. The lowest BCUT2D eigenvalue weighted by molar-refractivity contribution is -0.402. The lowest BCUT2D eigenvalue weighted by atomic mass is 10.4. The average Bonchev–Trinajstić information content (AvgIpc) is 3.24. The number of aryl methyl sites for hydroxylation is 1. The first-order chi connectivity index (χ1) is 11.0. The molecule has 9 heteroatoms. The third kappa shape index (κ3) is 3.29. The average molecular weight is 334 g/mol. The number of ether oxygens (including phenoxy) is 1. The van der Waals surface area contributed by atoms with Gasteiger partial charge in [0.1, 0.15) is 17.3 Å². The molecular formula is C14H10N2O6S. The van der Waals surface area contributed by atoms with Gasteiger partial charge in [0.05, 0.1) is 11.8 Å². The number of carbonyl (C=O) groups excluding carboxylic acids is 1. The monoisotopic (exact) mass is 334 g/mol. The molecule has 0 aliphatic heterocycles. The van der Waals surface area contributed by atoms with Gasteiger partial charge in [0.25, 0.3) is 0 Å². The Balaban J connectivity index is 1.63. The van der Waals surface area contributed by atoms with Gasteiger partial charge in [0, 0.05) is 5.38 Å². The molecule has 0 spiro atoms. The summed E-state index contributed by atoms with van der Waals surface area (Å²) in [5.74, 6) is -0.106. The van der Waals surface area contributed by atoms with Gasteiger partial charge in [0.2, 0.25) is 5.76 Å². The second-order valence-corrected chi connectivity index (χ2v) is 5.38. The van der Waals surface area contributed by atoms with Gasteiger partial charge in [-0.2, -0.15) is 0 Å². The van der Waals surface area contributed by atoms with Crippen molar-refractivity contribution in [3.05, 3.63) is 57.0 Å². The first-order valence-electron chi connectivity index (χ1n) is 6.45. The highest BCUT2D eigenvalue weighted by molar-refractivity contribution is 7.13. The van der Waals surface area contributed by atoms with Crippen LogP contribution in [0.3, 0.4) is 0 Å². The van der Waals surface area contributed by atoms with E-state index < -0.39 is 16.8 Å². The molecule has 3 heterocycles. The molecule has 0 unspecified atom stereocenters. The van der Waals surface area contributed by atoms with Crippen LogP contribution in [0.5, 0.6) is 0 Å². The minimum absolute atomic E-state index is 0.0660. The molecule has 8 nitrogen and oxygen atoms in total. The van der Waals surface area contributed by atoms with Gasteiger partial charge in [-0.25, -0.2) is 9.78 Å². The van der Waals surface area contributed by atoms with Crippen LogP contribution in [0.4, 0.5) is 5.88 Å². The van der Waals surface area contributed by atoms with Crippen LogP contribution in [0.2, 0.25) is 0 Å². The van der Waals surface area contributed by atoms with Crippen molar-refractivity contribution in [2.75, 3.05) is 0 Å². The predicted molar refractivity (Wildman–Crippen MR) is 79.0 cm³/mol. The number of carbonyl (C=O) groups is 1. The van der Waals surface area contributed by atoms with Crippen molar-refractivity contribution in [1.82, 2.24) is 4.98 Å². The van der Waals surface area contributed by atoms with Crippen molar-refractivity contribution in [3.63, 3.8) is 0 Å². The Morgan fingerprint density at radius 3 is 2.83 bits per heavy atom. The van der Waals surface area contributed by atoms with Crippen molar-refractivity contribution < 1.29 is 23.3 Å². The molecule has 0 bridgehead atoms. The molecule has 118 valence electrons. The summed E-state index contributed by atoms with van der Waals surface area (Å²) in [5, 5.41) is 12.9. The molecule has 0 aliphatic carbocycles. The maximum absolute atomic E-state index is 11.8. The van der Waals surface area contributed by atoms with Crippen LogP contribution in [0.1, 0.15) is 22.0 Å². The van der Waals surface area contributed by atoms with E-state index in [2.05, 4.69) is 4.98 Å². The Hall–Kier alpha value is -2.94. The Bertz CT molecular complexity index is 862. The highest BCUT2D eigenvalue weighted by atomic mass is 32.1. The fourth-order valence-electron chi connectivity index (χ4n) is 1.78. The van der Waals surface area contributed by atoms with Crippen LogP contribution in [0.15, 0.2) is 38.5 Å². The largest absolute Gasteiger partial charge is 0.459 e. The van der Waals surface area contributed by atoms with E-state index in [4.69, 9.17) is 13.6 Å². The van der Waals surface area contributed by atoms with Gasteiger partial charge in [-0.15, -0.1) is 11.3 Å². The molecular weight excluding hydrogens is 324 g/mol. The summed E-state index contributed by atoms with van der Waals surface area (Å²) < 4.78 is 15.3. The van der Waals surface area contributed by atoms with Crippen molar-refractivity contribution in [1.29, 1.82) is 0 Å². The maximum atomic E-state index is 11.8. The van der Waals surface area contributed by atoms with E-state index in [-0.39, 0.29) is 12.4 Å². The number of nitro groups is 1. The van der Waals surface area contributed by atoms with E-state index in [0.717, 1.165) is 11.8 Å². The van der Waals surface area contributed by atoms with Crippen LogP contribution in [0.25, 0.3) is 10.8 Å². The zero-order valence-corrected chi connectivity index (χ0v) is 12.7. The van der Waals surface area contributed by atoms with E-state index >= 15 is 0 Å². The molecule has 0 atom stereocenters. The Morgan fingerprint density at radius 1 is 1.35 bits per heavy atom. The number of thiazole rings is 1. The SMILES string of the molecule is Cc1ccc(-c2nc(COC(=O)c3ccc([N+](=O)[O-])o3)cs2)o1. The Labute approximate surface area is 133 Å². The molecule has 3 aromatic heterocycles. The third-order valence-corrected chi connectivity index (χ3v) is 3.73. The summed E-state index contributed by atoms with van der Waals surface area (Å²) in [5.41, 5.74) is 0.549. The summed E-state index contributed by atoms with van der Waals surface area (Å²) in [7, 11) is 0. The van der Waals surface area contributed by atoms with Crippen molar-refractivity contribution >= 4 is 23.2 Å². The van der Waals surface area contributed by atoms with Crippen molar-refractivity contribution in [3.8, 4) is 10.8 Å². The van der Waals surface area contributed by atoms with Crippen LogP contribution in [0, 0.1) is 17.0 Å². The van der Waals surface area contributed by atoms with Crippen molar-refractivity contribution in [2.45, 2.75) is 13.5 Å². The lowest BCUT2D eigenvalue weighted by Gasteiger charge is -1.99. The van der Waals surface area contributed by atoms with Gasteiger partial charge in [-0.3, -0.25) is 10.1 Å². The second-order valence-electron chi connectivity index (χ2n) is 4.53. The van der Waals surface area contributed by atoms with E-state index in [1.807, 2.05) is 19.1 Å². The van der Waals surface area contributed by atoms with Crippen LogP contribution >= 0.6 is 11.3 Å². The smallest absolute Gasteiger partial charge is 0.433 e. The zero-order valence-electron chi connectivity index (χ0n) is 11.8. The molecule has 0 fully saturated rings. The number of rotatable bonds is 5. The fourth-order valence-corrected chi connectivity index (χ4v) is 2.55. The molecule has 0 amide bonds. The third-order valence-electron chi connectivity index (χ3n) is 2.83. The van der Waals surface area contributed by atoms with Gasteiger partial charge < -0.3 is 13.6 Å². The summed E-state index contributed by atoms with van der Waals surface area (Å²) >= 11 is 1.36. The molecule has 0 saturated heterocycles. The molecule has 0 aromatic carbocycles. The number of esters is 1. The molecule has 0 radical (unpaired) electrons.